The lowest BCUT2D eigenvalue weighted by Crippen LogP contribution is -2.39. The fourth-order valence-electron chi connectivity index (χ4n) is 2.39. The molecule has 0 fully saturated rings. The third kappa shape index (κ3) is 4.64. The van der Waals surface area contributed by atoms with Gasteiger partial charge in [0.2, 0.25) is 5.91 Å². The predicted molar refractivity (Wildman–Crippen MR) is 90.3 cm³/mol. The van der Waals surface area contributed by atoms with Crippen LogP contribution in [0.15, 0.2) is 36.7 Å². The van der Waals surface area contributed by atoms with Crippen molar-refractivity contribution in [1.82, 2.24) is 9.55 Å². The quantitative estimate of drug-likeness (QED) is 0.818. The molecular weight excluding hydrogens is 292 g/mol. The maximum atomic E-state index is 11.9. The smallest absolute Gasteiger partial charge is 0.243 e. The van der Waals surface area contributed by atoms with Crippen molar-refractivity contribution in [2.75, 3.05) is 19.0 Å². The SMILES string of the molecule is COCC(N)C(=O)Nc1cccc(Cn2ccnc2C(C)C)c1. The minimum Gasteiger partial charge on any atom is -0.383 e. The Morgan fingerprint density at radius 2 is 2.22 bits per heavy atom. The van der Waals surface area contributed by atoms with E-state index in [-0.39, 0.29) is 12.5 Å². The molecule has 2 rings (SSSR count). The second-order valence-electron chi connectivity index (χ2n) is 5.82. The number of benzene rings is 1. The van der Waals surface area contributed by atoms with E-state index in [9.17, 15) is 4.79 Å². The molecule has 124 valence electrons. The molecule has 0 radical (unpaired) electrons. The molecule has 0 aliphatic heterocycles. The fraction of sp³-hybridized carbons (Fsp3) is 0.412. The number of ether oxygens (including phenoxy) is 1. The molecule has 2 aromatic rings. The Bertz CT molecular complexity index is 652. The second kappa shape index (κ2) is 7.89. The zero-order chi connectivity index (χ0) is 16.8. The monoisotopic (exact) mass is 316 g/mol. The van der Waals surface area contributed by atoms with Crippen LogP contribution in [0, 0.1) is 0 Å². The normalized spacial score (nSPS) is 12.4. The first-order valence-electron chi connectivity index (χ1n) is 7.66. The Hall–Kier alpha value is -2.18. The first-order chi connectivity index (χ1) is 11.0. The predicted octanol–water partition coefficient (Wildman–Crippen LogP) is 1.97. The largest absolute Gasteiger partial charge is 0.383 e. The highest BCUT2D eigenvalue weighted by molar-refractivity contribution is 5.94. The van der Waals surface area contributed by atoms with Crippen molar-refractivity contribution >= 4 is 11.6 Å². The zero-order valence-corrected chi connectivity index (χ0v) is 13.8. The van der Waals surface area contributed by atoms with Crippen molar-refractivity contribution in [1.29, 1.82) is 0 Å². The van der Waals surface area contributed by atoms with Gasteiger partial charge in [-0.05, 0) is 17.7 Å². The van der Waals surface area contributed by atoms with Gasteiger partial charge in [-0.1, -0.05) is 26.0 Å². The molecule has 1 heterocycles. The van der Waals surface area contributed by atoms with Gasteiger partial charge in [-0.3, -0.25) is 4.79 Å². The number of hydrogen-bond donors (Lipinski definition) is 2. The van der Waals surface area contributed by atoms with Gasteiger partial charge in [0, 0.05) is 37.7 Å². The summed E-state index contributed by atoms with van der Waals surface area (Å²) >= 11 is 0. The average molecular weight is 316 g/mol. The number of carbonyl (C=O) groups excluding carboxylic acids is 1. The first-order valence-corrected chi connectivity index (χ1v) is 7.66. The van der Waals surface area contributed by atoms with E-state index < -0.39 is 6.04 Å². The van der Waals surface area contributed by atoms with Crippen LogP contribution in [-0.4, -0.2) is 35.2 Å². The fourth-order valence-corrected chi connectivity index (χ4v) is 2.39. The number of nitrogens with one attached hydrogen (secondary N) is 1. The van der Waals surface area contributed by atoms with Crippen molar-refractivity contribution in [2.24, 2.45) is 5.73 Å². The van der Waals surface area contributed by atoms with E-state index in [0.717, 1.165) is 17.1 Å². The topological polar surface area (TPSA) is 82.2 Å². The Morgan fingerprint density at radius 1 is 1.43 bits per heavy atom. The number of hydrogen-bond acceptors (Lipinski definition) is 4. The number of imidazole rings is 1. The van der Waals surface area contributed by atoms with Crippen molar-refractivity contribution in [3.63, 3.8) is 0 Å². The highest BCUT2D eigenvalue weighted by Crippen LogP contribution is 2.16. The van der Waals surface area contributed by atoms with E-state index in [1.807, 2.05) is 36.7 Å². The van der Waals surface area contributed by atoms with Gasteiger partial charge in [-0.15, -0.1) is 0 Å². The summed E-state index contributed by atoms with van der Waals surface area (Å²) in [6.45, 7) is 5.14. The molecule has 23 heavy (non-hydrogen) atoms. The average Bonchev–Trinajstić information content (AvgIpc) is 2.96. The van der Waals surface area contributed by atoms with E-state index in [1.165, 1.54) is 7.11 Å². The van der Waals surface area contributed by atoms with Crippen LogP contribution in [0.3, 0.4) is 0 Å². The van der Waals surface area contributed by atoms with Crippen molar-refractivity contribution < 1.29 is 9.53 Å². The molecule has 6 heteroatoms. The van der Waals surface area contributed by atoms with Crippen LogP contribution >= 0.6 is 0 Å². The molecule has 0 spiro atoms. The molecule has 1 unspecified atom stereocenters. The Labute approximate surface area is 136 Å². The van der Waals surface area contributed by atoms with E-state index in [0.29, 0.717) is 12.5 Å². The number of nitrogens with zero attached hydrogens (tertiary/aromatic N) is 2. The van der Waals surface area contributed by atoms with Gasteiger partial charge in [0.15, 0.2) is 0 Å². The first kappa shape index (κ1) is 17.2. The van der Waals surface area contributed by atoms with Crippen molar-refractivity contribution in [3.05, 3.63) is 48.0 Å². The van der Waals surface area contributed by atoms with Crippen LogP contribution in [0.4, 0.5) is 5.69 Å². The number of methoxy groups -OCH3 is 1. The van der Waals surface area contributed by atoms with E-state index in [1.54, 1.807) is 0 Å². The summed E-state index contributed by atoms with van der Waals surface area (Å²) < 4.78 is 7.01. The van der Waals surface area contributed by atoms with Crippen molar-refractivity contribution in [2.45, 2.75) is 32.4 Å². The van der Waals surface area contributed by atoms with Gasteiger partial charge in [-0.2, -0.15) is 0 Å². The highest BCUT2D eigenvalue weighted by Gasteiger charge is 2.13. The molecule has 0 saturated carbocycles. The molecule has 0 saturated heterocycles. The molecule has 0 aliphatic carbocycles. The number of anilines is 1. The van der Waals surface area contributed by atoms with Crippen LogP contribution in [0.2, 0.25) is 0 Å². The van der Waals surface area contributed by atoms with Gasteiger partial charge in [0.05, 0.1) is 6.61 Å². The van der Waals surface area contributed by atoms with E-state index in [2.05, 4.69) is 28.7 Å². The lowest BCUT2D eigenvalue weighted by atomic mass is 10.1. The molecule has 6 nitrogen and oxygen atoms in total. The summed E-state index contributed by atoms with van der Waals surface area (Å²) in [5.41, 5.74) is 7.54. The Balaban J connectivity index is 2.08. The van der Waals surface area contributed by atoms with Crippen LogP contribution in [0.5, 0.6) is 0 Å². The number of carbonyl (C=O) groups is 1. The number of nitrogens with two attached hydrogens (primary N) is 1. The van der Waals surface area contributed by atoms with E-state index in [4.69, 9.17) is 10.5 Å². The third-order valence-electron chi connectivity index (χ3n) is 3.49. The maximum Gasteiger partial charge on any atom is 0.243 e. The molecule has 1 amide bonds. The summed E-state index contributed by atoms with van der Waals surface area (Å²) in [6, 6.07) is 7.05. The molecule has 1 atom stereocenters. The standard InChI is InChI=1S/C17H24N4O2/c1-12(2)16-19-7-8-21(16)10-13-5-4-6-14(9-13)20-17(22)15(18)11-23-3/h4-9,12,15H,10-11,18H2,1-3H3,(H,20,22). The number of rotatable bonds is 7. The highest BCUT2D eigenvalue weighted by atomic mass is 16.5. The molecule has 1 aromatic carbocycles. The third-order valence-corrected chi connectivity index (χ3v) is 3.49. The van der Waals surface area contributed by atoms with Gasteiger partial charge >= 0.3 is 0 Å². The minimum atomic E-state index is -0.676. The molecule has 3 N–H and O–H groups in total. The summed E-state index contributed by atoms with van der Waals surface area (Å²) in [6.07, 6.45) is 3.78. The van der Waals surface area contributed by atoms with Gasteiger partial charge in [-0.25, -0.2) is 4.98 Å². The van der Waals surface area contributed by atoms with Gasteiger partial charge in [0.25, 0.3) is 0 Å². The van der Waals surface area contributed by atoms with Crippen LogP contribution in [-0.2, 0) is 16.1 Å². The Morgan fingerprint density at radius 3 is 2.91 bits per heavy atom. The summed E-state index contributed by atoms with van der Waals surface area (Å²) in [4.78, 5) is 16.3. The lowest BCUT2D eigenvalue weighted by Gasteiger charge is -2.13. The molecule has 1 aromatic heterocycles. The lowest BCUT2D eigenvalue weighted by molar-refractivity contribution is -0.118. The molecule has 0 bridgehead atoms. The number of aromatic nitrogens is 2. The molecule has 0 aliphatic rings. The summed E-state index contributed by atoms with van der Waals surface area (Å²) in [7, 11) is 1.52. The summed E-state index contributed by atoms with van der Waals surface area (Å²) in [5.74, 6) is 1.15. The molecular formula is C17H24N4O2. The van der Waals surface area contributed by atoms with Crippen LogP contribution in [0.25, 0.3) is 0 Å². The van der Waals surface area contributed by atoms with Gasteiger partial charge < -0.3 is 20.4 Å². The van der Waals surface area contributed by atoms with E-state index >= 15 is 0 Å². The minimum absolute atomic E-state index is 0.193. The summed E-state index contributed by atoms with van der Waals surface area (Å²) in [5, 5.41) is 2.82. The van der Waals surface area contributed by atoms with Crippen LogP contribution < -0.4 is 11.1 Å². The maximum absolute atomic E-state index is 11.9. The number of amides is 1. The van der Waals surface area contributed by atoms with Crippen LogP contribution in [0.1, 0.15) is 31.2 Å². The second-order valence-corrected chi connectivity index (χ2v) is 5.82. The zero-order valence-electron chi connectivity index (χ0n) is 13.8. The Kier molecular flexibility index (Phi) is 5.90. The van der Waals surface area contributed by atoms with Gasteiger partial charge in [0.1, 0.15) is 11.9 Å². The van der Waals surface area contributed by atoms with Crippen molar-refractivity contribution in [3.8, 4) is 0 Å².